The molecule has 0 aliphatic rings. The number of hydrogen-bond acceptors (Lipinski definition) is 3. The van der Waals surface area contributed by atoms with Crippen LogP contribution in [0.1, 0.15) is 18.5 Å². The number of aromatic nitrogens is 2. The van der Waals surface area contributed by atoms with Crippen LogP contribution in [-0.2, 0) is 11.3 Å². The monoisotopic (exact) mass is 351 g/mol. The third-order valence-corrected chi connectivity index (χ3v) is 3.80. The van der Waals surface area contributed by atoms with Gasteiger partial charge in [0.25, 0.3) is 0 Å². The van der Waals surface area contributed by atoms with E-state index < -0.39 is 0 Å². The summed E-state index contributed by atoms with van der Waals surface area (Å²) < 4.78 is 2.54. The number of halogens is 1. The van der Waals surface area contributed by atoms with Crippen LogP contribution in [0.2, 0.25) is 0 Å². The van der Waals surface area contributed by atoms with Gasteiger partial charge in [-0.1, -0.05) is 35.0 Å². The van der Waals surface area contributed by atoms with E-state index in [-0.39, 0.29) is 31.0 Å². The third-order valence-electron chi connectivity index (χ3n) is 3.27. The number of aliphatic hydroxyl groups excluding tert-OH is 1. The number of nitrogens with one attached hydrogen (secondary N) is 1. The first-order chi connectivity index (χ1) is 10.1. The summed E-state index contributed by atoms with van der Waals surface area (Å²) in [4.78, 5) is 12.1. The largest absolute Gasteiger partial charge is 0.396 e. The van der Waals surface area contributed by atoms with Crippen molar-refractivity contribution in [3.05, 3.63) is 52.8 Å². The number of nitrogens with zero attached hydrogens (tertiary/aromatic N) is 2. The first-order valence-corrected chi connectivity index (χ1v) is 7.52. The Hall–Kier alpha value is -1.66. The SMILES string of the molecule is C[C@@H](CO)[C@@H](NC(=O)Cn1cccn1)c1ccc(Br)cc1. The summed E-state index contributed by atoms with van der Waals surface area (Å²) in [5, 5.41) is 16.4. The molecule has 5 nitrogen and oxygen atoms in total. The highest BCUT2D eigenvalue weighted by Crippen LogP contribution is 2.23. The topological polar surface area (TPSA) is 67.2 Å². The minimum atomic E-state index is -0.230. The molecule has 1 aromatic carbocycles. The molecule has 2 rings (SSSR count). The lowest BCUT2D eigenvalue weighted by molar-refractivity contribution is -0.123. The average molecular weight is 352 g/mol. The van der Waals surface area contributed by atoms with Crippen LogP contribution in [0.4, 0.5) is 0 Å². The molecule has 2 aromatic rings. The van der Waals surface area contributed by atoms with Crippen molar-refractivity contribution in [3.8, 4) is 0 Å². The average Bonchev–Trinajstić information content (AvgIpc) is 2.98. The fourth-order valence-electron chi connectivity index (χ4n) is 2.09. The first kappa shape index (κ1) is 15.7. The molecule has 6 heteroatoms. The normalized spacial score (nSPS) is 13.7. The van der Waals surface area contributed by atoms with Crippen molar-refractivity contribution in [3.63, 3.8) is 0 Å². The number of amides is 1. The number of benzene rings is 1. The highest BCUT2D eigenvalue weighted by Gasteiger charge is 2.21. The molecule has 0 aliphatic heterocycles. The molecular formula is C15H18BrN3O2. The number of carbonyl (C=O) groups is 1. The van der Waals surface area contributed by atoms with Crippen LogP contribution < -0.4 is 5.32 Å². The molecule has 1 aromatic heterocycles. The Labute approximate surface area is 132 Å². The van der Waals surface area contributed by atoms with E-state index in [4.69, 9.17) is 0 Å². The van der Waals surface area contributed by atoms with E-state index >= 15 is 0 Å². The van der Waals surface area contributed by atoms with Crippen LogP contribution in [0.15, 0.2) is 47.2 Å². The van der Waals surface area contributed by atoms with Crippen molar-refractivity contribution < 1.29 is 9.90 Å². The van der Waals surface area contributed by atoms with E-state index in [1.807, 2.05) is 31.2 Å². The second-order valence-corrected chi connectivity index (χ2v) is 5.88. The predicted octanol–water partition coefficient (Wildman–Crippen LogP) is 2.13. The Morgan fingerprint density at radius 1 is 1.43 bits per heavy atom. The van der Waals surface area contributed by atoms with E-state index in [9.17, 15) is 9.90 Å². The van der Waals surface area contributed by atoms with E-state index in [1.54, 1.807) is 23.1 Å². The Morgan fingerprint density at radius 2 is 2.14 bits per heavy atom. The van der Waals surface area contributed by atoms with Crippen LogP contribution >= 0.6 is 15.9 Å². The maximum absolute atomic E-state index is 12.1. The lowest BCUT2D eigenvalue weighted by atomic mass is 9.95. The second kappa shape index (κ2) is 7.38. The predicted molar refractivity (Wildman–Crippen MR) is 83.5 cm³/mol. The van der Waals surface area contributed by atoms with Gasteiger partial charge in [0.2, 0.25) is 5.91 Å². The molecule has 2 N–H and O–H groups in total. The van der Waals surface area contributed by atoms with Crippen LogP contribution in [-0.4, -0.2) is 27.4 Å². The zero-order valence-corrected chi connectivity index (χ0v) is 13.3. The smallest absolute Gasteiger partial charge is 0.242 e. The van der Waals surface area contributed by atoms with Crippen molar-refractivity contribution >= 4 is 21.8 Å². The van der Waals surface area contributed by atoms with Gasteiger partial charge in [0.1, 0.15) is 6.54 Å². The molecule has 1 heterocycles. The molecule has 0 saturated carbocycles. The van der Waals surface area contributed by atoms with E-state index in [0.29, 0.717) is 0 Å². The van der Waals surface area contributed by atoms with E-state index in [0.717, 1.165) is 10.0 Å². The van der Waals surface area contributed by atoms with Gasteiger partial charge in [0.05, 0.1) is 6.04 Å². The fourth-order valence-corrected chi connectivity index (χ4v) is 2.35. The summed E-state index contributed by atoms with van der Waals surface area (Å²) in [6.07, 6.45) is 3.37. The van der Waals surface area contributed by atoms with Gasteiger partial charge in [-0.15, -0.1) is 0 Å². The minimum Gasteiger partial charge on any atom is -0.396 e. The van der Waals surface area contributed by atoms with Crippen molar-refractivity contribution in [2.75, 3.05) is 6.61 Å². The Bertz CT molecular complexity index is 569. The fraction of sp³-hybridized carbons (Fsp3) is 0.333. The summed E-state index contributed by atoms with van der Waals surface area (Å²) in [5.41, 5.74) is 0.966. The summed E-state index contributed by atoms with van der Waals surface area (Å²) >= 11 is 3.39. The highest BCUT2D eigenvalue weighted by molar-refractivity contribution is 9.10. The van der Waals surface area contributed by atoms with E-state index in [1.165, 1.54) is 0 Å². The molecule has 0 aliphatic carbocycles. The first-order valence-electron chi connectivity index (χ1n) is 6.73. The van der Waals surface area contributed by atoms with Gasteiger partial charge in [-0.05, 0) is 23.8 Å². The molecule has 1 amide bonds. The second-order valence-electron chi connectivity index (χ2n) is 4.96. The standard InChI is InChI=1S/C15H18BrN3O2/c1-11(10-20)15(12-3-5-13(16)6-4-12)18-14(21)9-19-8-2-7-17-19/h2-8,11,15,20H,9-10H2,1H3,(H,18,21)/t11-,15+/m0/s1. The van der Waals surface area contributed by atoms with Gasteiger partial charge in [-0.2, -0.15) is 5.10 Å². The lowest BCUT2D eigenvalue weighted by Gasteiger charge is -2.24. The molecule has 112 valence electrons. The van der Waals surface area contributed by atoms with Crippen LogP contribution in [0.3, 0.4) is 0 Å². The Kier molecular flexibility index (Phi) is 5.52. The van der Waals surface area contributed by atoms with Gasteiger partial charge in [-0.25, -0.2) is 0 Å². The molecule has 0 bridgehead atoms. The van der Waals surface area contributed by atoms with Crippen LogP contribution in [0, 0.1) is 5.92 Å². The molecule has 0 radical (unpaired) electrons. The van der Waals surface area contributed by atoms with Gasteiger partial charge in [0.15, 0.2) is 0 Å². The highest BCUT2D eigenvalue weighted by atomic mass is 79.9. The zero-order valence-electron chi connectivity index (χ0n) is 11.7. The van der Waals surface area contributed by atoms with Crippen molar-refractivity contribution in [1.29, 1.82) is 0 Å². The van der Waals surface area contributed by atoms with Gasteiger partial charge in [0, 0.05) is 29.4 Å². The summed E-state index contributed by atoms with van der Waals surface area (Å²) in [5.74, 6) is -0.209. The van der Waals surface area contributed by atoms with Crippen molar-refractivity contribution in [2.24, 2.45) is 5.92 Å². The van der Waals surface area contributed by atoms with Crippen molar-refractivity contribution in [1.82, 2.24) is 15.1 Å². The Morgan fingerprint density at radius 3 is 2.71 bits per heavy atom. The molecule has 2 atom stereocenters. The molecule has 0 fully saturated rings. The minimum absolute atomic E-state index is 0.00276. The van der Waals surface area contributed by atoms with E-state index in [2.05, 4.69) is 26.3 Å². The Balaban J connectivity index is 2.09. The summed E-state index contributed by atoms with van der Waals surface area (Å²) in [6.45, 7) is 2.07. The van der Waals surface area contributed by atoms with Gasteiger partial charge >= 0.3 is 0 Å². The summed E-state index contributed by atoms with van der Waals surface area (Å²) in [6, 6.07) is 9.27. The number of carbonyl (C=O) groups excluding carboxylic acids is 1. The van der Waals surface area contributed by atoms with Crippen LogP contribution in [0.25, 0.3) is 0 Å². The number of rotatable bonds is 6. The third kappa shape index (κ3) is 4.41. The molecule has 21 heavy (non-hydrogen) atoms. The number of aliphatic hydroxyl groups is 1. The van der Waals surface area contributed by atoms with Gasteiger partial charge < -0.3 is 10.4 Å². The van der Waals surface area contributed by atoms with Crippen LogP contribution in [0.5, 0.6) is 0 Å². The number of hydrogen-bond donors (Lipinski definition) is 2. The molecule has 0 unspecified atom stereocenters. The zero-order chi connectivity index (χ0) is 15.2. The van der Waals surface area contributed by atoms with Crippen molar-refractivity contribution in [2.45, 2.75) is 19.5 Å². The van der Waals surface area contributed by atoms with Gasteiger partial charge in [-0.3, -0.25) is 9.48 Å². The quantitative estimate of drug-likeness (QED) is 0.837. The maximum atomic E-state index is 12.1. The lowest BCUT2D eigenvalue weighted by Crippen LogP contribution is -2.36. The molecule has 0 spiro atoms. The molecular weight excluding hydrogens is 334 g/mol. The molecule has 0 saturated heterocycles. The maximum Gasteiger partial charge on any atom is 0.242 e. The summed E-state index contributed by atoms with van der Waals surface area (Å²) in [7, 11) is 0.